The third-order valence-corrected chi connectivity index (χ3v) is 4.43. The van der Waals surface area contributed by atoms with E-state index >= 15 is 0 Å². The van der Waals surface area contributed by atoms with Crippen LogP contribution in [0, 0.1) is 0 Å². The van der Waals surface area contributed by atoms with Gasteiger partial charge in [0.25, 0.3) is 0 Å². The Morgan fingerprint density at radius 2 is 2.00 bits per heavy atom. The first kappa shape index (κ1) is 18.3. The molecule has 0 saturated carbocycles. The molecule has 1 aromatic carbocycles. The van der Waals surface area contributed by atoms with Crippen LogP contribution in [-0.4, -0.2) is 26.8 Å². The van der Waals surface area contributed by atoms with Crippen molar-refractivity contribution in [3.63, 3.8) is 0 Å². The standard InChI is InChI=1S/C13H18BrF2NO3S/c1-20-11-4-5-12(21(17,18)19)10(9-11)3-2-6-13(15,16)7-8-14/h4-5,9H,2-3,6-8H2,1H3,(H2,17,18,19). The number of methoxy groups -OCH3 is 1. The second kappa shape index (κ2) is 7.51. The van der Waals surface area contributed by atoms with Gasteiger partial charge in [-0.25, -0.2) is 22.3 Å². The van der Waals surface area contributed by atoms with Crippen LogP contribution in [0.25, 0.3) is 0 Å². The number of halogens is 3. The molecule has 120 valence electrons. The van der Waals surface area contributed by atoms with Crippen molar-refractivity contribution in [2.75, 3.05) is 12.4 Å². The molecule has 0 heterocycles. The van der Waals surface area contributed by atoms with Gasteiger partial charge in [-0.1, -0.05) is 15.9 Å². The molecule has 0 spiro atoms. The van der Waals surface area contributed by atoms with E-state index in [-0.39, 0.29) is 35.9 Å². The van der Waals surface area contributed by atoms with Crippen LogP contribution in [0.15, 0.2) is 23.1 Å². The van der Waals surface area contributed by atoms with Crippen molar-refractivity contribution >= 4 is 26.0 Å². The number of aryl methyl sites for hydroxylation is 1. The first-order valence-corrected chi connectivity index (χ1v) is 9.00. The SMILES string of the molecule is COc1ccc(S(N)(=O)=O)c(CCCC(F)(F)CCBr)c1. The van der Waals surface area contributed by atoms with Crippen molar-refractivity contribution in [2.24, 2.45) is 5.14 Å². The summed E-state index contributed by atoms with van der Waals surface area (Å²) in [5.41, 5.74) is 0.395. The average molecular weight is 386 g/mol. The van der Waals surface area contributed by atoms with Gasteiger partial charge in [0.05, 0.1) is 12.0 Å². The lowest BCUT2D eigenvalue weighted by Crippen LogP contribution is -2.18. The second-order valence-corrected chi connectivity index (χ2v) is 6.99. The second-order valence-electron chi connectivity index (χ2n) is 4.67. The van der Waals surface area contributed by atoms with E-state index in [1.54, 1.807) is 0 Å². The number of ether oxygens (including phenoxy) is 1. The molecule has 1 rings (SSSR count). The van der Waals surface area contributed by atoms with Crippen molar-refractivity contribution in [3.05, 3.63) is 23.8 Å². The highest BCUT2D eigenvalue weighted by Gasteiger charge is 2.27. The number of primary sulfonamides is 1. The molecule has 0 bridgehead atoms. The van der Waals surface area contributed by atoms with Crippen molar-refractivity contribution in [1.29, 1.82) is 0 Å². The van der Waals surface area contributed by atoms with Crippen LogP contribution in [-0.2, 0) is 16.4 Å². The zero-order valence-corrected chi connectivity index (χ0v) is 14.0. The van der Waals surface area contributed by atoms with Crippen LogP contribution < -0.4 is 9.88 Å². The lowest BCUT2D eigenvalue weighted by atomic mass is 10.0. The summed E-state index contributed by atoms with van der Waals surface area (Å²) in [6.45, 7) is 0. The van der Waals surface area contributed by atoms with Crippen LogP contribution in [0.5, 0.6) is 5.75 Å². The molecule has 2 N–H and O–H groups in total. The summed E-state index contributed by atoms with van der Waals surface area (Å²) in [5.74, 6) is -2.30. The van der Waals surface area contributed by atoms with E-state index in [1.807, 2.05) is 0 Å². The number of hydrogen-bond acceptors (Lipinski definition) is 3. The summed E-state index contributed by atoms with van der Waals surface area (Å²) in [6, 6.07) is 4.32. The normalized spacial score (nSPS) is 12.4. The van der Waals surface area contributed by atoms with Gasteiger partial charge in [0.1, 0.15) is 5.75 Å². The fourth-order valence-electron chi connectivity index (χ4n) is 1.96. The molecule has 0 aromatic heterocycles. The molecular formula is C13H18BrF2NO3S. The number of alkyl halides is 3. The van der Waals surface area contributed by atoms with Crippen molar-refractivity contribution < 1.29 is 21.9 Å². The predicted molar refractivity (Wildman–Crippen MR) is 80.7 cm³/mol. The highest BCUT2D eigenvalue weighted by atomic mass is 79.9. The van der Waals surface area contributed by atoms with Gasteiger partial charge in [0.2, 0.25) is 15.9 Å². The topological polar surface area (TPSA) is 69.4 Å². The third-order valence-electron chi connectivity index (χ3n) is 3.02. The Labute approximate surface area is 131 Å². The molecule has 1 aromatic rings. The highest BCUT2D eigenvalue weighted by Crippen LogP contribution is 2.28. The maximum Gasteiger partial charge on any atom is 0.249 e. The fraction of sp³-hybridized carbons (Fsp3) is 0.538. The summed E-state index contributed by atoms with van der Waals surface area (Å²) >= 11 is 2.99. The summed E-state index contributed by atoms with van der Waals surface area (Å²) in [7, 11) is -2.44. The van der Waals surface area contributed by atoms with Crippen LogP contribution in [0.3, 0.4) is 0 Å². The number of benzene rings is 1. The van der Waals surface area contributed by atoms with Crippen molar-refractivity contribution in [2.45, 2.75) is 36.5 Å². The maximum atomic E-state index is 13.4. The van der Waals surface area contributed by atoms with Gasteiger partial charge in [-0.05, 0) is 36.6 Å². The number of nitrogens with two attached hydrogens (primary N) is 1. The van der Waals surface area contributed by atoms with Gasteiger partial charge in [-0.15, -0.1) is 0 Å². The zero-order valence-electron chi connectivity index (χ0n) is 11.6. The van der Waals surface area contributed by atoms with Gasteiger partial charge < -0.3 is 4.74 Å². The molecule has 0 amide bonds. The minimum Gasteiger partial charge on any atom is -0.497 e. The first-order chi connectivity index (χ1) is 9.69. The molecule has 0 saturated heterocycles. The Bertz CT molecular complexity index is 579. The monoisotopic (exact) mass is 385 g/mol. The highest BCUT2D eigenvalue weighted by molar-refractivity contribution is 9.09. The Morgan fingerprint density at radius 3 is 2.52 bits per heavy atom. The Kier molecular flexibility index (Phi) is 6.55. The van der Waals surface area contributed by atoms with E-state index in [9.17, 15) is 17.2 Å². The van der Waals surface area contributed by atoms with Crippen LogP contribution in [0.2, 0.25) is 0 Å². The Morgan fingerprint density at radius 1 is 1.33 bits per heavy atom. The Balaban J connectivity index is 2.86. The molecule has 4 nitrogen and oxygen atoms in total. The van der Waals surface area contributed by atoms with Crippen molar-refractivity contribution in [1.82, 2.24) is 0 Å². The minimum absolute atomic E-state index is 0.0490. The smallest absolute Gasteiger partial charge is 0.249 e. The molecule has 0 fully saturated rings. The van der Waals surface area contributed by atoms with E-state index in [0.717, 1.165) is 0 Å². The quantitative estimate of drug-likeness (QED) is 0.699. The van der Waals surface area contributed by atoms with E-state index in [4.69, 9.17) is 9.88 Å². The minimum atomic E-state index is -3.89. The zero-order chi connectivity index (χ0) is 16.1. The number of sulfonamides is 1. The summed E-state index contributed by atoms with van der Waals surface area (Å²) in [5, 5.41) is 5.36. The van der Waals surface area contributed by atoms with Crippen LogP contribution in [0.1, 0.15) is 24.8 Å². The lowest BCUT2D eigenvalue weighted by Gasteiger charge is -2.15. The van der Waals surface area contributed by atoms with E-state index in [2.05, 4.69) is 15.9 Å². The maximum absolute atomic E-state index is 13.4. The first-order valence-electron chi connectivity index (χ1n) is 6.33. The number of rotatable bonds is 8. The van der Waals surface area contributed by atoms with Crippen LogP contribution in [0.4, 0.5) is 8.78 Å². The Hall–Kier alpha value is -0.730. The largest absolute Gasteiger partial charge is 0.497 e. The van der Waals surface area contributed by atoms with Gasteiger partial charge in [-0.3, -0.25) is 0 Å². The summed E-state index contributed by atoms with van der Waals surface area (Å²) in [4.78, 5) is -0.0490. The molecule has 21 heavy (non-hydrogen) atoms. The van der Waals surface area contributed by atoms with E-state index < -0.39 is 15.9 Å². The third kappa shape index (κ3) is 5.88. The lowest BCUT2D eigenvalue weighted by molar-refractivity contribution is -0.0116. The van der Waals surface area contributed by atoms with E-state index in [0.29, 0.717) is 11.3 Å². The summed E-state index contributed by atoms with van der Waals surface area (Å²) < 4.78 is 54.8. The van der Waals surface area contributed by atoms with Crippen LogP contribution >= 0.6 is 15.9 Å². The fourth-order valence-corrected chi connectivity index (χ4v) is 3.32. The molecule has 0 unspecified atom stereocenters. The number of hydrogen-bond donors (Lipinski definition) is 1. The molecule has 0 atom stereocenters. The van der Waals surface area contributed by atoms with Gasteiger partial charge >= 0.3 is 0 Å². The van der Waals surface area contributed by atoms with Gasteiger partial charge in [0, 0.05) is 18.2 Å². The predicted octanol–water partition coefficient (Wildman–Crippen LogP) is 3.09. The molecule has 8 heteroatoms. The molecule has 0 aliphatic carbocycles. The van der Waals surface area contributed by atoms with Crippen molar-refractivity contribution in [3.8, 4) is 5.75 Å². The summed E-state index contributed by atoms with van der Waals surface area (Å²) in [6.07, 6.45) is -0.191. The molecule has 0 aliphatic heterocycles. The molecule has 0 radical (unpaired) electrons. The molecular weight excluding hydrogens is 368 g/mol. The van der Waals surface area contributed by atoms with Gasteiger partial charge in [-0.2, -0.15) is 0 Å². The average Bonchev–Trinajstić information content (AvgIpc) is 2.36. The molecule has 0 aliphatic rings. The van der Waals surface area contributed by atoms with E-state index in [1.165, 1.54) is 25.3 Å². The van der Waals surface area contributed by atoms with Gasteiger partial charge in [0.15, 0.2) is 0 Å².